The summed E-state index contributed by atoms with van der Waals surface area (Å²) in [7, 11) is 0. The van der Waals surface area contributed by atoms with E-state index in [0.29, 0.717) is 12.0 Å². The van der Waals surface area contributed by atoms with E-state index in [1.54, 1.807) is 11.3 Å². The minimum atomic E-state index is 0.292. The van der Waals surface area contributed by atoms with E-state index in [9.17, 15) is 0 Å². The quantitative estimate of drug-likeness (QED) is 0.829. The van der Waals surface area contributed by atoms with Crippen molar-refractivity contribution in [2.24, 2.45) is 5.92 Å². The summed E-state index contributed by atoms with van der Waals surface area (Å²) in [5.74, 6) is 2.53. The summed E-state index contributed by atoms with van der Waals surface area (Å²) in [4.78, 5) is 9.57. The largest absolute Gasteiger partial charge is 0.424 e. The summed E-state index contributed by atoms with van der Waals surface area (Å²) >= 11 is 1.68. The minimum Gasteiger partial charge on any atom is -0.424 e. The van der Waals surface area contributed by atoms with Crippen molar-refractivity contribution in [3.05, 3.63) is 28.4 Å². The van der Waals surface area contributed by atoms with Gasteiger partial charge in [0.15, 0.2) is 0 Å². The lowest BCUT2D eigenvalue weighted by Gasteiger charge is -2.35. The molecule has 0 saturated carbocycles. The zero-order valence-corrected chi connectivity index (χ0v) is 15.2. The molecule has 130 valence electrons. The predicted molar refractivity (Wildman–Crippen MR) is 92.7 cm³/mol. The first-order valence-corrected chi connectivity index (χ1v) is 9.77. The molecule has 2 aromatic rings. The van der Waals surface area contributed by atoms with E-state index < -0.39 is 0 Å². The van der Waals surface area contributed by atoms with Crippen molar-refractivity contribution < 1.29 is 4.42 Å². The SMILES string of the molecule is CC(C)c1nnc(CN2C[C@H]3CC[C@@H]2CN(Cc2cscn2)C3)o1. The minimum absolute atomic E-state index is 0.292. The Kier molecular flexibility index (Phi) is 4.65. The van der Waals surface area contributed by atoms with E-state index in [2.05, 4.69) is 44.2 Å². The number of nitrogens with zero attached hydrogens (tertiary/aromatic N) is 5. The molecule has 3 aliphatic rings. The molecule has 3 saturated heterocycles. The van der Waals surface area contributed by atoms with Gasteiger partial charge >= 0.3 is 0 Å². The molecule has 0 aromatic carbocycles. The number of aromatic nitrogens is 3. The Morgan fingerprint density at radius 1 is 1.21 bits per heavy atom. The molecule has 5 rings (SSSR count). The molecule has 0 unspecified atom stereocenters. The predicted octanol–water partition coefficient (Wildman–Crippen LogP) is 2.75. The van der Waals surface area contributed by atoms with Crippen molar-refractivity contribution in [2.75, 3.05) is 19.6 Å². The maximum atomic E-state index is 5.82. The van der Waals surface area contributed by atoms with Crippen LogP contribution >= 0.6 is 11.3 Å². The van der Waals surface area contributed by atoms with Crippen molar-refractivity contribution in [3.8, 4) is 0 Å². The summed E-state index contributed by atoms with van der Waals surface area (Å²) in [5.41, 5.74) is 3.13. The van der Waals surface area contributed by atoms with Gasteiger partial charge in [0, 0.05) is 43.5 Å². The van der Waals surface area contributed by atoms with Crippen molar-refractivity contribution >= 4 is 11.3 Å². The van der Waals surface area contributed by atoms with Gasteiger partial charge in [-0.05, 0) is 18.8 Å². The second-order valence-electron chi connectivity index (χ2n) is 7.39. The van der Waals surface area contributed by atoms with Crippen LogP contribution in [-0.2, 0) is 13.1 Å². The molecule has 3 fully saturated rings. The average Bonchev–Trinajstić information content (AvgIpc) is 3.15. The summed E-state index contributed by atoms with van der Waals surface area (Å²) in [5, 5.41) is 10.6. The van der Waals surface area contributed by atoms with Crippen LogP contribution in [0.3, 0.4) is 0 Å². The summed E-state index contributed by atoms with van der Waals surface area (Å²) < 4.78 is 5.82. The van der Waals surface area contributed by atoms with Crippen molar-refractivity contribution in [1.82, 2.24) is 25.0 Å². The van der Waals surface area contributed by atoms with E-state index >= 15 is 0 Å². The van der Waals surface area contributed by atoms with Gasteiger partial charge in [0.25, 0.3) is 0 Å². The lowest BCUT2D eigenvalue weighted by Crippen LogP contribution is -2.43. The van der Waals surface area contributed by atoms with E-state index in [-0.39, 0.29) is 0 Å². The number of rotatable bonds is 5. The van der Waals surface area contributed by atoms with Gasteiger partial charge in [0.2, 0.25) is 11.8 Å². The number of hydrogen-bond acceptors (Lipinski definition) is 7. The fourth-order valence-corrected chi connectivity index (χ4v) is 4.43. The number of thiazole rings is 1. The second kappa shape index (κ2) is 6.90. The first kappa shape index (κ1) is 16.2. The summed E-state index contributed by atoms with van der Waals surface area (Å²) in [6.07, 6.45) is 2.60. The molecule has 7 heteroatoms. The number of hydrogen-bond donors (Lipinski definition) is 0. The van der Waals surface area contributed by atoms with Crippen molar-refractivity contribution in [1.29, 1.82) is 0 Å². The maximum Gasteiger partial charge on any atom is 0.230 e. The Hall–Kier alpha value is -1.31. The van der Waals surface area contributed by atoms with E-state index in [1.807, 2.05) is 5.51 Å². The molecule has 6 nitrogen and oxygen atoms in total. The fourth-order valence-electron chi connectivity index (χ4n) is 3.88. The summed E-state index contributed by atoms with van der Waals surface area (Å²) in [6, 6.07) is 0.580. The highest BCUT2D eigenvalue weighted by molar-refractivity contribution is 7.07. The van der Waals surface area contributed by atoms with Crippen LogP contribution in [0.4, 0.5) is 0 Å². The third-order valence-electron chi connectivity index (χ3n) is 5.09. The molecule has 2 bridgehead atoms. The molecule has 0 radical (unpaired) electrons. The van der Waals surface area contributed by atoms with Gasteiger partial charge in [-0.3, -0.25) is 9.80 Å². The van der Waals surface area contributed by atoms with Gasteiger partial charge in [0.05, 0.1) is 17.7 Å². The Labute approximate surface area is 146 Å². The third-order valence-corrected chi connectivity index (χ3v) is 5.72. The van der Waals surface area contributed by atoms with E-state index in [1.165, 1.54) is 25.1 Å². The molecule has 3 aliphatic heterocycles. The van der Waals surface area contributed by atoms with Crippen LogP contribution in [0.2, 0.25) is 0 Å². The molecule has 0 aliphatic carbocycles. The van der Waals surface area contributed by atoms with Crippen LogP contribution in [0.5, 0.6) is 0 Å². The van der Waals surface area contributed by atoms with Gasteiger partial charge < -0.3 is 4.42 Å². The molecule has 0 N–H and O–H groups in total. The molecule has 0 amide bonds. The molecular weight excluding hydrogens is 322 g/mol. The average molecular weight is 347 g/mol. The first-order valence-electron chi connectivity index (χ1n) is 8.83. The van der Waals surface area contributed by atoms with Crippen LogP contribution in [0.1, 0.15) is 50.1 Å². The first-order chi connectivity index (χ1) is 11.7. The maximum absolute atomic E-state index is 5.82. The highest BCUT2D eigenvalue weighted by Gasteiger charge is 2.35. The van der Waals surface area contributed by atoms with Crippen molar-refractivity contribution in [2.45, 2.75) is 51.7 Å². The topological polar surface area (TPSA) is 58.3 Å². The van der Waals surface area contributed by atoms with Crippen LogP contribution in [0.25, 0.3) is 0 Å². The van der Waals surface area contributed by atoms with Crippen LogP contribution < -0.4 is 0 Å². The van der Waals surface area contributed by atoms with Gasteiger partial charge in [-0.15, -0.1) is 21.5 Å². The standard InChI is InChI=1S/C17H25N5OS/c1-12(2)17-20-19-16(23-17)9-22-6-13-3-4-15(22)8-21(5-13)7-14-10-24-11-18-14/h10-13,15H,3-9H2,1-2H3/t13-,15+/m0/s1. The second-order valence-corrected chi connectivity index (χ2v) is 8.11. The Bertz CT molecular complexity index is 656. The van der Waals surface area contributed by atoms with E-state index in [4.69, 9.17) is 4.42 Å². The molecule has 5 heterocycles. The molecule has 0 spiro atoms. The highest BCUT2D eigenvalue weighted by Crippen LogP contribution is 2.30. The van der Waals surface area contributed by atoms with Gasteiger partial charge in [-0.2, -0.15) is 0 Å². The Balaban J connectivity index is 1.42. The highest BCUT2D eigenvalue weighted by atomic mass is 32.1. The van der Waals surface area contributed by atoms with E-state index in [0.717, 1.165) is 43.9 Å². The normalized spacial score (nSPS) is 25.5. The smallest absolute Gasteiger partial charge is 0.230 e. The molecular formula is C17H25N5OS. The molecule has 24 heavy (non-hydrogen) atoms. The lowest BCUT2D eigenvalue weighted by molar-refractivity contribution is 0.111. The van der Waals surface area contributed by atoms with Gasteiger partial charge in [0.1, 0.15) is 0 Å². The third kappa shape index (κ3) is 3.53. The summed E-state index contributed by atoms with van der Waals surface area (Å²) in [6.45, 7) is 9.35. The molecule has 2 atom stereocenters. The van der Waals surface area contributed by atoms with Crippen LogP contribution in [0.15, 0.2) is 15.3 Å². The zero-order valence-electron chi connectivity index (χ0n) is 14.4. The van der Waals surface area contributed by atoms with Crippen molar-refractivity contribution in [3.63, 3.8) is 0 Å². The van der Waals surface area contributed by atoms with Crippen LogP contribution in [0, 0.1) is 5.92 Å². The fraction of sp³-hybridized carbons (Fsp3) is 0.706. The van der Waals surface area contributed by atoms with Gasteiger partial charge in [-0.25, -0.2) is 4.98 Å². The van der Waals surface area contributed by atoms with Crippen LogP contribution in [-0.4, -0.2) is 50.7 Å². The number of piperidine rings is 1. The monoisotopic (exact) mass is 347 g/mol. The Morgan fingerprint density at radius 3 is 2.88 bits per heavy atom. The zero-order chi connectivity index (χ0) is 16.5. The Morgan fingerprint density at radius 2 is 2.12 bits per heavy atom. The van der Waals surface area contributed by atoms with Gasteiger partial charge in [-0.1, -0.05) is 13.8 Å². The lowest BCUT2D eigenvalue weighted by atomic mass is 9.95. The molecule has 2 aromatic heterocycles. The number of fused-ring (bicyclic) bond motifs is 4.